The molecule has 0 spiro atoms. The van der Waals surface area contributed by atoms with Crippen molar-refractivity contribution in [1.29, 1.82) is 0 Å². The summed E-state index contributed by atoms with van der Waals surface area (Å²) in [5.74, 6) is 1.01. The SMILES string of the molecule is Cc1cc(C(C)(C)CC(C)(C)CC(C)(C)CC(C)(C)CC(C)(C)CC(C)(C)CC(C)(C)CC(C)(C)CC(C)(C)CC(C)(C)CC(C)(C)CC(C)(C)CC(C)(C)CC(C)(C)CC(C)(C)CC(C)(C)CC(C)(C)CC(C)(C)C)ccc1OC(C)C. The molecule has 0 amide bonds. The summed E-state index contributed by atoms with van der Waals surface area (Å²) in [5.41, 5.74) is 7.33. The van der Waals surface area contributed by atoms with Gasteiger partial charge in [0, 0.05) is 0 Å². The molecule has 492 valence electrons. The van der Waals surface area contributed by atoms with Crippen molar-refractivity contribution in [1.82, 2.24) is 0 Å². The number of hydrogen-bond acceptors (Lipinski definition) is 1. The van der Waals surface area contributed by atoms with Crippen LogP contribution in [0.1, 0.15) is 390 Å². The van der Waals surface area contributed by atoms with Gasteiger partial charge >= 0.3 is 0 Å². The van der Waals surface area contributed by atoms with E-state index in [0.717, 1.165) is 12.2 Å². The quantitative estimate of drug-likeness (QED) is 0.0651. The van der Waals surface area contributed by atoms with Gasteiger partial charge in [-0.1, -0.05) is 268 Å². The van der Waals surface area contributed by atoms with Gasteiger partial charge < -0.3 is 4.74 Å². The van der Waals surface area contributed by atoms with E-state index in [-0.39, 0.29) is 81.9 Å². The minimum absolute atomic E-state index is 0.0755. The molecule has 0 bridgehead atoms. The monoisotopic (exact) mass is 1160 g/mol. The first-order valence-corrected chi connectivity index (χ1v) is 34.6. The van der Waals surface area contributed by atoms with Crippen LogP contribution in [0.3, 0.4) is 0 Å². The maximum absolute atomic E-state index is 6.11. The molecule has 0 aliphatic heterocycles. The van der Waals surface area contributed by atoms with E-state index < -0.39 is 0 Å². The van der Waals surface area contributed by atoms with E-state index in [1.165, 1.54) is 114 Å². The Hall–Kier alpha value is -0.980. The molecule has 1 aromatic rings. The largest absolute Gasteiger partial charge is 0.491 e. The van der Waals surface area contributed by atoms with Crippen LogP contribution in [0.4, 0.5) is 0 Å². The zero-order valence-corrected chi connectivity index (χ0v) is 65.2. The molecule has 0 unspecified atom stereocenters. The van der Waals surface area contributed by atoms with Crippen molar-refractivity contribution in [2.45, 2.75) is 398 Å². The number of rotatable bonds is 36. The highest BCUT2D eigenvalue weighted by atomic mass is 16.5. The van der Waals surface area contributed by atoms with Crippen LogP contribution in [0.15, 0.2) is 18.2 Å². The van der Waals surface area contributed by atoms with Gasteiger partial charge in [0.2, 0.25) is 0 Å². The molecule has 0 aliphatic carbocycles. The van der Waals surface area contributed by atoms with Crippen molar-refractivity contribution in [2.24, 2.45) is 92.1 Å². The highest BCUT2D eigenvalue weighted by molar-refractivity contribution is 5.39. The average Bonchev–Trinajstić information content (AvgIpc) is 3.01. The molecule has 1 heteroatoms. The van der Waals surface area contributed by atoms with Gasteiger partial charge in [0.1, 0.15) is 5.75 Å². The minimum atomic E-state index is 0.0755. The van der Waals surface area contributed by atoms with E-state index in [4.69, 9.17) is 4.74 Å². The number of hydrogen-bond donors (Lipinski definition) is 0. The standard InChI is InChI=1S/C82H158O/c1-61(2)83-64-42-41-63(43-62(64)3)82(39,40)60-81(37,38)59-80(35,36)58-79(33,34)57-78(31,32)56-77(29,30)55-76(27,28)54-75(25,26)53-74(23,24)52-73(21,22)51-72(19,20)50-71(17,18)49-70(15,16)48-69(13,14)47-68(11,12)46-67(9,10)45-66(7,8)44-65(4,5)6/h41-43,61H,44-60H2,1-40H3. The van der Waals surface area contributed by atoms with Crippen molar-refractivity contribution in [3.8, 4) is 5.75 Å². The highest BCUT2D eigenvalue weighted by Crippen LogP contribution is 2.58. The lowest BCUT2D eigenvalue weighted by Gasteiger charge is -2.48. The third kappa shape index (κ3) is 32.9. The van der Waals surface area contributed by atoms with Crippen molar-refractivity contribution in [2.75, 3.05) is 0 Å². The Morgan fingerprint density at radius 3 is 0.578 bits per heavy atom. The normalized spacial score (nSPS) is 15.7. The summed E-state index contributed by atoms with van der Waals surface area (Å²) < 4.78 is 6.11. The van der Waals surface area contributed by atoms with Gasteiger partial charge in [-0.15, -0.1) is 0 Å². The fourth-order valence-corrected chi connectivity index (χ4v) is 24.6. The topological polar surface area (TPSA) is 9.23 Å². The first kappa shape index (κ1) is 80.0. The second-order valence-corrected chi connectivity index (χ2v) is 45.2. The maximum atomic E-state index is 6.11. The Bertz CT molecular complexity index is 2140. The Morgan fingerprint density at radius 1 is 0.253 bits per heavy atom. The lowest BCUT2D eigenvalue weighted by Crippen LogP contribution is -2.37. The lowest BCUT2D eigenvalue weighted by atomic mass is 9.57. The van der Waals surface area contributed by atoms with E-state index in [2.05, 4.69) is 295 Å². The Labute approximate surface area is 526 Å². The lowest BCUT2D eigenvalue weighted by molar-refractivity contribution is 0.0283. The molecule has 0 atom stereocenters. The second kappa shape index (κ2) is 26.5. The fourth-order valence-electron chi connectivity index (χ4n) is 24.6. The van der Waals surface area contributed by atoms with Crippen LogP contribution >= 0.6 is 0 Å². The van der Waals surface area contributed by atoms with Crippen molar-refractivity contribution < 1.29 is 4.74 Å². The average molecular weight is 1160 g/mol. The smallest absolute Gasteiger partial charge is 0.122 e. The molecule has 0 N–H and O–H groups in total. The summed E-state index contributed by atoms with van der Waals surface area (Å²) in [5, 5.41) is 0. The van der Waals surface area contributed by atoms with Crippen LogP contribution in [0.5, 0.6) is 5.75 Å². The zero-order chi connectivity index (χ0) is 66.2. The summed E-state index contributed by atoms with van der Waals surface area (Å²) in [6.45, 7) is 101. The zero-order valence-electron chi connectivity index (χ0n) is 65.2. The van der Waals surface area contributed by atoms with Gasteiger partial charge in [-0.05, 0) is 245 Å². The van der Waals surface area contributed by atoms with E-state index in [0.29, 0.717) is 21.7 Å². The molecule has 0 aromatic heterocycles. The Morgan fingerprint density at radius 2 is 0.422 bits per heavy atom. The van der Waals surface area contributed by atoms with E-state index in [1.54, 1.807) is 0 Å². The fraction of sp³-hybridized carbons (Fsp3) is 0.927. The molecule has 0 heterocycles. The van der Waals surface area contributed by atoms with Crippen LogP contribution in [0.25, 0.3) is 0 Å². The van der Waals surface area contributed by atoms with Gasteiger partial charge in [0.15, 0.2) is 0 Å². The first-order chi connectivity index (χ1) is 35.8. The first-order valence-electron chi connectivity index (χ1n) is 34.6. The van der Waals surface area contributed by atoms with Crippen LogP contribution in [-0.4, -0.2) is 6.10 Å². The van der Waals surface area contributed by atoms with Crippen molar-refractivity contribution in [3.63, 3.8) is 0 Å². The molecular weight excluding hydrogens is 1000 g/mol. The molecule has 0 radical (unpaired) electrons. The minimum Gasteiger partial charge on any atom is -0.491 e. The molecule has 1 rings (SSSR count). The van der Waals surface area contributed by atoms with Gasteiger partial charge in [0.25, 0.3) is 0 Å². The Balaban J connectivity index is 3.00. The summed E-state index contributed by atoms with van der Waals surface area (Å²) in [7, 11) is 0. The van der Waals surface area contributed by atoms with E-state index >= 15 is 0 Å². The summed E-state index contributed by atoms with van der Waals surface area (Å²) in [6, 6.07) is 6.89. The highest BCUT2D eigenvalue weighted by Gasteiger charge is 2.46. The molecule has 0 saturated heterocycles. The maximum Gasteiger partial charge on any atom is 0.122 e. The summed E-state index contributed by atoms with van der Waals surface area (Å²) in [4.78, 5) is 0. The third-order valence-corrected chi connectivity index (χ3v) is 18.6. The van der Waals surface area contributed by atoms with Gasteiger partial charge in [0.05, 0.1) is 6.10 Å². The predicted molar refractivity (Wildman–Crippen MR) is 378 cm³/mol. The van der Waals surface area contributed by atoms with Gasteiger partial charge in [-0.3, -0.25) is 0 Å². The second-order valence-electron chi connectivity index (χ2n) is 45.2. The van der Waals surface area contributed by atoms with Crippen LogP contribution in [0.2, 0.25) is 0 Å². The summed E-state index contributed by atoms with van der Waals surface area (Å²) >= 11 is 0. The number of ether oxygens (including phenoxy) is 1. The molecule has 1 nitrogen and oxygen atoms in total. The van der Waals surface area contributed by atoms with Crippen LogP contribution in [0, 0.1) is 99.0 Å². The molecule has 0 fully saturated rings. The summed E-state index contributed by atoms with van der Waals surface area (Å²) in [6.07, 6.45) is 21.5. The van der Waals surface area contributed by atoms with Crippen molar-refractivity contribution in [3.05, 3.63) is 29.3 Å². The molecule has 83 heavy (non-hydrogen) atoms. The van der Waals surface area contributed by atoms with Crippen molar-refractivity contribution >= 4 is 0 Å². The third-order valence-electron chi connectivity index (χ3n) is 18.6. The van der Waals surface area contributed by atoms with Gasteiger partial charge in [-0.25, -0.2) is 0 Å². The van der Waals surface area contributed by atoms with Crippen LogP contribution < -0.4 is 4.74 Å². The predicted octanol–water partition coefficient (Wildman–Crippen LogP) is 28.2. The molecule has 0 aliphatic rings. The van der Waals surface area contributed by atoms with Gasteiger partial charge in [-0.2, -0.15) is 0 Å². The molecule has 1 aromatic carbocycles. The molecule has 0 saturated carbocycles. The number of benzene rings is 1. The Kier molecular flexibility index (Phi) is 25.5. The molecular formula is C82H158O. The number of aryl methyl sites for hydroxylation is 1. The van der Waals surface area contributed by atoms with E-state index in [9.17, 15) is 0 Å². The van der Waals surface area contributed by atoms with E-state index in [1.807, 2.05) is 0 Å². The van der Waals surface area contributed by atoms with Crippen LogP contribution in [-0.2, 0) is 5.41 Å².